The molecule has 2 rings (SSSR count). The number of hydrogen-bond donors (Lipinski definition) is 0. The molecule has 0 saturated heterocycles. The van der Waals surface area contributed by atoms with Gasteiger partial charge in [-0.25, -0.2) is 0 Å². The lowest BCUT2D eigenvalue weighted by atomic mass is 9.82. The molecule has 0 saturated carbocycles. The quantitative estimate of drug-likeness (QED) is 0.337. The number of aldehydes is 1. The molecule has 0 aliphatic rings. The normalized spacial score (nSPS) is 13.1. The number of nitro groups is 1. The van der Waals surface area contributed by atoms with E-state index in [1.165, 1.54) is 37.6 Å². The minimum Gasteiger partial charge on any atom is -0.469 e. The molecule has 2 atom stereocenters. The van der Waals surface area contributed by atoms with Crippen LogP contribution in [-0.4, -0.2) is 24.3 Å². The Balaban J connectivity index is 2.44. The van der Waals surface area contributed by atoms with Gasteiger partial charge in [-0.1, -0.05) is 12.1 Å². The third kappa shape index (κ3) is 3.63. The van der Waals surface area contributed by atoms with Gasteiger partial charge in [0.15, 0.2) is 0 Å². The van der Waals surface area contributed by atoms with Crippen molar-refractivity contribution in [3.8, 4) is 0 Å². The van der Waals surface area contributed by atoms with E-state index >= 15 is 0 Å². The van der Waals surface area contributed by atoms with Crippen molar-refractivity contribution in [2.45, 2.75) is 18.3 Å². The average molecular weight is 317 g/mol. The average Bonchev–Trinajstić information content (AvgIpc) is 3.08. The van der Waals surface area contributed by atoms with Gasteiger partial charge in [-0.05, 0) is 17.7 Å². The molecular weight excluding hydrogens is 302 g/mol. The van der Waals surface area contributed by atoms with Gasteiger partial charge in [0.1, 0.15) is 12.0 Å². The molecule has 0 spiro atoms. The number of benzene rings is 1. The Kier molecular flexibility index (Phi) is 5.24. The van der Waals surface area contributed by atoms with Crippen LogP contribution in [0.2, 0.25) is 0 Å². The molecule has 0 amide bonds. The van der Waals surface area contributed by atoms with Gasteiger partial charge in [-0.3, -0.25) is 14.9 Å². The summed E-state index contributed by atoms with van der Waals surface area (Å²) >= 11 is 0. The van der Waals surface area contributed by atoms with Crippen molar-refractivity contribution < 1.29 is 23.7 Å². The van der Waals surface area contributed by atoms with Crippen LogP contribution in [0.1, 0.15) is 29.6 Å². The number of carbonyl (C=O) groups is 2. The fourth-order valence-electron chi connectivity index (χ4n) is 2.49. The monoisotopic (exact) mass is 317 g/mol. The van der Waals surface area contributed by atoms with Gasteiger partial charge in [0.2, 0.25) is 0 Å². The maximum absolute atomic E-state index is 12.2. The molecule has 0 radical (unpaired) electrons. The van der Waals surface area contributed by atoms with Gasteiger partial charge in [0, 0.05) is 24.5 Å². The van der Waals surface area contributed by atoms with E-state index in [-0.39, 0.29) is 12.1 Å². The number of non-ortho nitro benzene ring substituents is 1. The first kappa shape index (κ1) is 16.4. The Morgan fingerprint density at radius 3 is 2.52 bits per heavy atom. The van der Waals surface area contributed by atoms with E-state index in [2.05, 4.69) is 0 Å². The molecule has 7 heteroatoms. The Bertz CT molecular complexity index is 677. The summed E-state index contributed by atoms with van der Waals surface area (Å²) in [5, 5.41) is 10.7. The maximum atomic E-state index is 12.2. The molecule has 0 bridgehead atoms. The van der Waals surface area contributed by atoms with Crippen LogP contribution in [0.4, 0.5) is 5.69 Å². The van der Waals surface area contributed by atoms with Crippen molar-refractivity contribution in [2.24, 2.45) is 0 Å². The Hall–Kier alpha value is -2.96. The van der Waals surface area contributed by atoms with E-state index in [1.54, 1.807) is 12.1 Å². The number of ether oxygens (including phenoxy) is 1. The zero-order valence-corrected chi connectivity index (χ0v) is 12.4. The lowest BCUT2D eigenvalue weighted by molar-refractivity contribution is -0.384. The third-order valence-corrected chi connectivity index (χ3v) is 3.58. The summed E-state index contributed by atoms with van der Waals surface area (Å²) in [4.78, 5) is 33.5. The Labute approximate surface area is 132 Å². The number of nitrogens with zero attached hydrogens (tertiary/aromatic N) is 1. The minimum atomic E-state index is -0.794. The number of esters is 1. The van der Waals surface area contributed by atoms with E-state index in [9.17, 15) is 19.7 Å². The molecule has 0 N–H and O–H groups in total. The molecule has 1 aromatic carbocycles. The highest BCUT2D eigenvalue weighted by molar-refractivity contribution is 5.80. The molecular formula is C16H15NO6. The van der Waals surface area contributed by atoms with E-state index in [0.29, 0.717) is 17.6 Å². The minimum absolute atomic E-state index is 0.0598. The topological polar surface area (TPSA) is 99.6 Å². The van der Waals surface area contributed by atoms with Crippen LogP contribution in [0.3, 0.4) is 0 Å². The number of furan rings is 1. The van der Waals surface area contributed by atoms with Crippen molar-refractivity contribution in [1.29, 1.82) is 0 Å². The van der Waals surface area contributed by atoms with Crippen LogP contribution < -0.4 is 0 Å². The van der Waals surface area contributed by atoms with E-state index < -0.39 is 22.7 Å². The fraction of sp³-hybridized carbons (Fsp3) is 0.250. The smallest absolute Gasteiger partial charge is 0.313 e. The van der Waals surface area contributed by atoms with Crippen LogP contribution in [-0.2, 0) is 14.3 Å². The second kappa shape index (κ2) is 7.35. The van der Waals surface area contributed by atoms with E-state index in [4.69, 9.17) is 9.15 Å². The molecule has 1 heterocycles. The second-order valence-electron chi connectivity index (χ2n) is 4.87. The largest absolute Gasteiger partial charge is 0.469 e. The van der Waals surface area contributed by atoms with Crippen LogP contribution in [0.5, 0.6) is 0 Å². The van der Waals surface area contributed by atoms with Gasteiger partial charge >= 0.3 is 5.97 Å². The van der Waals surface area contributed by atoms with Gasteiger partial charge in [-0.15, -0.1) is 0 Å². The zero-order valence-electron chi connectivity index (χ0n) is 12.4. The number of methoxy groups -OCH3 is 1. The van der Waals surface area contributed by atoms with Gasteiger partial charge in [-0.2, -0.15) is 0 Å². The van der Waals surface area contributed by atoms with Crippen molar-refractivity contribution >= 4 is 17.9 Å². The maximum Gasteiger partial charge on any atom is 0.313 e. The Morgan fingerprint density at radius 1 is 1.35 bits per heavy atom. The molecule has 0 fully saturated rings. The lowest BCUT2D eigenvalue weighted by Crippen LogP contribution is -2.22. The summed E-state index contributed by atoms with van der Waals surface area (Å²) < 4.78 is 10.2. The highest BCUT2D eigenvalue weighted by atomic mass is 16.6. The molecule has 0 aliphatic heterocycles. The Morgan fingerprint density at radius 2 is 2.04 bits per heavy atom. The van der Waals surface area contributed by atoms with Crippen LogP contribution >= 0.6 is 0 Å². The van der Waals surface area contributed by atoms with Crippen molar-refractivity contribution in [2.75, 3.05) is 7.11 Å². The first-order chi connectivity index (χ1) is 11.1. The fourth-order valence-corrected chi connectivity index (χ4v) is 2.49. The molecule has 1 aromatic heterocycles. The summed E-state index contributed by atoms with van der Waals surface area (Å²) in [6, 6.07) is 8.94. The van der Waals surface area contributed by atoms with Gasteiger partial charge in [0.25, 0.3) is 5.69 Å². The van der Waals surface area contributed by atoms with E-state index in [0.717, 1.165) is 0 Å². The molecule has 2 aromatic rings. The third-order valence-electron chi connectivity index (χ3n) is 3.58. The van der Waals surface area contributed by atoms with E-state index in [1.807, 2.05) is 0 Å². The number of rotatable bonds is 7. The van der Waals surface area contributed by atoms with Gasteiger partial charge < -0.3 is 13.9 Å². The van der Waals surface area contributed by atoms with Crippen LogP contribution in [0.25, 0.3) is 0 Å². The first-order valence-electron chi connectivity index (χ1n) is 6.87. The predicted octanol–water partition coefficient (Wildman–Crippen LogP) is 2.82. The van der Waals surface area contributed by atoms with Crippen LogP contribution in [0, 0.1) is 10.1 Å². The first-order valence-corrected chi connectivity index (χ1v) is 6.87. The molecule has 23 heavy (non-hydrogen) atoms. The molecule has 0 aliphatic carbocycles. The summed E-state index contributed by atoms with van der Waals surface area (Å²) in [5.74, 6) is -1.40. The zero-order chi connectivity index (χ0) is 16.8. The molecule has 0 unspecified atom stereocenters. The standard InChI is InChI=1S/C16H15NO6/c1-22-16(19)15(11-4-6-12(7-5-11)17(20)21)13(8-9-18)14-3-2-10-23-14/h2-7,9-10,13,15H,8H2,1H3/t13-,15-/m1/s1. The summed E-state index contributed by atoms with van der Waals surface area (Å²) in [6.07, 6.45) is 2.22. The van der Waals surface area contributed by atoms with Crippen molar-refractivity contribution in [3.05, 3.63) is 64.1 Å². The highest BCUT2D eigenvalue weighted by Crippen LogP contribution is 2.37. The molecule has 7 nitrogen and oxygen atoms in total. The predicted molar refractivity (Wildman–Crippen MR) is 80.0 cm³/mol. The number of carbonyl (C=O) groups excluding carboxylic acids is 2. The van der Waals surface area contributed by atoms with Crippen molar-refractivity contribution in [1.82, 2.24) is 0 Å². The summed E-state index contributed by atoms with van der Waals surface area (Å²) in [5.41, 5.74) is 0.438. The second-order valence-corrected chi connectivity index (χ2v) is 4.87. The number of nitro benzene ring substituents is 1. The van der Waals surface area contributed by atoms with Crippen LogP contribution in [0.15, 0.2) is 47.1 Å². The molecule has 120 valence electrons. The summed E-state index contributed by atoms with van der Waals surface area (Å²) in [6.45, 7) is 0. The summed E-state index contributed by atoms with van der Waals surface area (Å²) in [7, 11) is 1.25. The SMILES string of the molecule is COC(=O)[C@H](c1ccc([N+](=O)[O-])cc1)[C@H](CC=O)c1ccco1. The highest BCUT2D eigenvalue weighted by Gasteiger charge is 2.33. The lowest BCUT2D eigenvalue weighted by Gasteiger charge is -2.22. The van der Waals surface area contributed by atoms with Gasteiger partial charge in [0.05, 0.1) is 24.2 Å². The number of hydrogen-bond acceptors (Lipinski definition) is 6. The van der Waals surface area contributed by atoms with Crippen molar-refractivity contribution in [3.63, 3.8) is 0 Å².